The highest BCUT2D eigenvalue weighted by molar-refractivity contribution is 5.82. The molecule has 0 bridgehead atoms. The Morgan fingerprint density at radius 1 is 1.30 bits per heavy atom. The summed E-state index contributed by atoms with van der Waals surface area (Å²) in [6.07, 6.45) is 5.12. The number of hydrogen-bond donors (Lipinski definition) is 0. The number of nitrogens with zero attached hydrogens (tertiary/aromatic N) is 5. The van der Waals surface area contributed by atoms with Crippen molar-refractivity contribution in [2.45, 2.75) is 25.4 Å². The smallest absolute Gasteiger partial charge is 0.233 e. The van der Waals surface area contributed by atoms with Crippen molar-refractivity contribution in [1.82, 2.24) is 19.5 Å². The second-order valence-corrected chi connectivity index (χ2v) is 6.69. The third-order valence-corrected chi connectivity index (χ3v) is 4.72. The summed E-state index contributed by atoms with van der Waals surface area (Å²) in [5.41, 5.74) is 4.38. The molecule has 1 aromatic carbocycles. The van der Waals surface area contributed by atoms with Crippen LogP contribution in [-0.4, -0.2) is 31.9 Å². The molecule has 1 aliphatic carbocycles. The Hall–Kier alpha value is -3.35. The molecule has 0 amide bonds. The zero-order valence-corrected chi connectivity index (χ0v) is 14.6. The number of hydrogen-bond acceptors (Lipinski definition) is 5. The lowest BCUT2D eigenvalue weighted by atomic mass is 10.1. The molecule has 3 aromatic heterocycles. The van der Waals surface area contributed by atoms with Gasteiger partial charge in [0.2, 0.25) is 11.7 Å². The SMILES string of the molecule is Cc1ccc(-c2noc([C@H]3C[C@@H]3F)n2)cc1N=Cc1cnc2ccccn12. The van der Waals surface area contributed by atoms with E-state index in [1.54, 1.807) is 12.4 Å². The molecule has 1 fully saturated rings. The highest BCUT2D eigenvalue weighted by atomic mass is 19.1. The van der Waals surface area contributed by atoms with E-state index in [4.69, 9.17) is 4.52 Å². The normalized spacial score (nSPS) is 19.2. The van der Waals surface area contributed by atoms with Crippen LogP contribution in [0.1, 0.15) is 29.5 Å². The number of aliphatic imine (C=N–C) groups is 1. The van der Waals surface area contributed by atoms with Crippen LogP contribution >= 0.6 is 0 Å². The molecule has 0 saturated heterocycles. The maximum absolute atomic E-state index is 13.2. The van der Waals surface area contributed by atoms with Gasteiger partial charge in [-0.3, -0.25) is 9.39 Å². The van der Waals surface area contributed by atoms with Gasteiger partial charge in [-0.1, -0.05) is 23.4 Å². The molecule has 0 unspecified atom stereocenters. The minimum absolute atomic E-state index is 0.246. The first-order valence-electron chi connectivity index (χ1n) is 8.74. The van der Waals surface area contributed by atoms with Crippen molar-refractivity contribution in [2.24, 2.45) is 4.99 Å². The van der Waals surface area contributed by atoms with Crippen molar-refractivity contribution in [3.63, 3.8) is 0 Å². The van der Waals surface area contributed by atoms with Crippen LogP contribution in [0.3, 0.4) is 0 Å². The number of benzene rings is 1. The number of imidazole rings is 1. The molecule has 2 atom stereocenters. The van der Waals surface area contributed by atoms with Gasteiger partial charge in [-0.15, -0.1) is 0 Å². The van der Waals surface area contributed by atoms with Gasteiger partial charge in [-0.05, 0) is 37.1 Å². The monoisotopic (exact) mass is 361 g/mol. The first kappa shape index (κ1) is 15.9. The predicted molar refractivity (Wildman–Crippen MR) is 99.2 cm³/mol. The van der Waals surface area contributed by atoms with Crippen molar-refractivity contribution in [3.8, 4) is 11.4 Å². The lowest BCUT2D eigenvalue weighted by molar-refractivity contribution is 0.363. The average molecular weight is 361 g/mol. The quantitative estimate of drug-likeness (QED) is 0.509. The Kier molecular flexibility index (Phi) is 3.60. The minimum atomic E-state index is -0.859. The van der Waals surface area contributed by atoms with Crippen molar-refractivity contribution in [3.05, 3.63) is 65.9 Å². The highest BCUT2D eigenvalue weighted by Crippen LogP contribution is 2.43. The van der Waals surface area contributed by atoms with Crippen molar-refractivity contribution in [1.29, 1.82) is 0 Å². The summed E-state index contributed by atoms with van der Waals surface area (Å²) in [4.78, 5) is 13.3. The lowest BCUT2D eigenvalue weighted by Gasteiger charge is -2.02. The average Bonchev–Trinajstić information content (AvgIpc) is 3.10. The zero-order valence-electron chi connectivity index (χ0n) is 14.6. The molecule has 0 N–H and O–H groups in total. The molecule has 134 valence electrons. The Bertz CT molecular complexity index is 1160. The summed E-state index contributed by atoms with van der Waals surface area (Å²) in [5, 5.41) is 3.99. The van der Waals surface area contributed by atoms with Crippen LogP contribution in [-0.2, 0) is 0 Å². The van der Waals surface area contributed by atoms with Gasteiger partial charge in [0.15, 0.2) is 0 Å². The van der Waals surface area contributed by atoms with E-state index in [0.717, 1.165) is 28.2 Å². The molecule has 27 heavy (non-hydrogen) atoms. The van der Waals surface area contributed by atoms with E-state index in [2.05, 4.69) is 20.1 Å². The van der Waals surface area contributed by atoms with Crippen LogP contribution in [0.2, 0.25) is 0 Å². The Morgan fingerprint density at radius 2 is 2.19 bits per heavy atom. The van der Waals surface area contributed by atoms with E-state index in [0.29, 0.717) is 18.1 Å². The zero-order chi connectivity index (χ0) is 18.4. The number of pyridine rings is 1. The largest absolute Gasteiger partial charge is 0.339 e. The molecule has 1 aliphatic rings. The van der Waals surface area contributed by atoms with Crippen molar-refractivity contribution < 1.29 is 8.91 Å². The third kappa shape index (κ3) is 2.91. The van der Waals surface area contributed by atoms with E-state index in [-0.39, 0.29) is 5.92 Å². The molecule has 0 spiro atoms. The van der Waals surface area contributed by atoms with Gasteiger partial charge in [-0.2, -0.15) is 4.98 Å². The fourth-order valence-corrected chi connectivity index (χ4v) is 2.99. The van der Waals surface area contributed by atoms with E-state index in [1.165, 1.54) is 0 Å². The molecule has 5 rings (SSSR count). The first-order valence-corrected chi connectivity index (χ1v) is 8.74. The molecule has 3 heterocycles. The molecular formula is C20H16FN5O. The molecule has 0 radical (unpaired) electrons. The van der Waals surface area contributed by atoms with Gasteiger partial charge in [0, 0.05) is 11.8 Å². The summed E-state index contributed by atoms with van der Waals surface area (Å²) in [7, 11) is 0. The Balaban J connectivity index is 1.46. The van der Waals surface area contributed by atoms with Crippen LogP contribution in [0, 0.1) is 6.92 Å². The van der Waals surface area contributed by atoms with E-state index in [9.17, 15) is 4.39 Å². The van der Waals surface area contributed by atoms with Gasteiger partial charge < -0.3 is 4.52 Å². The Morgan fingerprint density at radius 3 is 3.04 bits per heavy atom. The molecular weight excluding hydrogens is 345 g/mol. The summed E-state index contributed by atoms with van der Waals surface area (Å²) < 4.78 is 20.4. The molecule has 1 saturated carbocycles. The molecule has 7 heteroatoms. The summed E-state index contributed by atoms with van der Waals surface area (Å²) in [5.74, 6) is 0.577. The van der Waals surface area contributed by atoms with Gasteiger partial charge in [-0.25, -0.2) is 9.37 Å². The fourth-order valence-electron chi connectivity index (χ4n) is 2.99. The van der Waals surface area contributed by atoms with Crippen LogP contribution < -0.4 is 0 Å². The third-order valence-electron chi connectivity index (χ3n) is 4.72. The second kappa shape index (κ2) is 6.12. The minimum Gasteiger partial charge on any atom is -0.339 e. The standard InChI is InChI=1S/C20H16FN5O/c1-12-5-6-13(19-24-20(27-25-19)15-9-16(15)21)8-17(12)22-10-14-11-23-18-4-2-3-7-26(14)18/h2-8,10-11,15-16H,9H2,1H3/t15-,16-/m0/s1. The van der Waals surface area contributed by atoms with Crippen molar-refractivity contribution >= 4 is 17.5 Å². The molecule has 6 nitrogen and oxygen atoms in total. The second-order valence-electron chi connectivity index (χ2n) is 6.69. The molecule has 0 aliphatic heterocycles. The van der Waals surface area contributed by atoms with Gasteiger partial charge >= 0.3 is 0 Å². The summed E-state index contributed by atoms with van der Waals surface area (Å²) >= 11 is 0. The molecule has 4 aromatic rings. The lowest BCUT2D eigenvalue weighted by Crippen LogP contribution is -1.90. The van der Waals surface area contributed by atoms with E-state index in [1.807, 2.05) is 53.9 Å². The van der Waals surface area contributed by atoms with E-state index < -0.39 is 6.17 Å². The Labute approximate surface area is 154 Å². The number of aromatic nitrogens is 4. The van der Waals surface area contributed by atoms with Crippen LogP contribution in [0.5, 0.6) is 0 Å². The topological polar surface area (TPSA) is 68.6 Å². The first-order chi connectivity index (χ1) is 13.2. The maximum atomic E-state index is 13.2. The van der Waals surface area contributed by atoms with Gasteiger partial charge in [0.25, 0.3) is 0 Å². The number of aryl methyl sites for hydroxylation is 1. The van der Waals surface area contributed by atoms with Gasteiger partial charge in [0.1, 0.15) is 11.8 Å². The number of halogens is 1. The van der Waals surface area contributed by atoms with Crippen LogP contribution in [0.4, 0.5) is 10.1 Å². The summed E-state index contributed by atoms with van der Waals surface area (Å²) in [6, 6.07) is 11.6. The van der Waals surface area contributed by atoms with E-state index >= 15 is 0 Å². The predicted octanol–water partition coefficient (Wildman–Crippen LogP) is 4.27. The summed E-state index contributed by atoms with van der Waals surface area (Å²) in [6.45, 7) is 1.99. The highest BCUT2D eigenvalue weighted by Gasteiger charge is 2.43. The van der Waals surface area contributed by atoms with Crippen LogP contribution in [0.25, 0.3) is 17.0 Å². The van der Waals surface area contributed by atoms with Crippen molar-refractivity contribution in [2.75, 3.05) is 0 Å². The maximum Gasteiger partial charge on any atom is 0.233 e. The number of alkyl halides is 1. The fraction of sp³-hybridized carbons (Fsp3) is 0.200. The number of fused-ring (bicyclic) bond motifs is 1. The number of rotatable bonds is 4. The van der Waals surface area contributed by atoms with Gasteiger partial charge in [0.05, 0.1) is 29.7 Å². The van der Waals surface area contributed by atoms with Crippen LogP contribution in [0.15, 0.2) is 58.3 Å².